The van der Waals surface area contributed by atoms with E-state index < -0.39 is 6.04 Å². The van der Waals surface area contributed by atoms with Crippen molar-refractivity contribution in [2.75, 3.05) is 5.73 Å². The van der Waals surface area contributed by atoms with Crippen molar-refractivity contribution in [3.63, 3.8) is 0 Å². The molecule has 3 nitrogen and oxygen atoms in total. The van der Waals surface area contributed by atoms with Crippen LogP contribution in [-0.4, -0.2) is 5.91 Å². The summed E-state index contributed by atoms with van der Waals surface area (Å²) in [5.74, 6) is -0.648. The Balaban J connectivity index is 2.16. The highest BCUT2D eigenvalue weighted by Gasteiger charge is 2.15. The highest BCUT2D eigenvalue weighted by atomic mass is 19.1. The molecular weight excluding hydrogens is 243 g/mol. The molecule has 3 N–H and O–H groups in total. The van der Waals surface area contributed by atoms with Gasteiger partial charge in [-0.05, 0) is 25.1 Å². The molecule has 0 aliphatic carbocycles. The first-order chi connectivity index (χ1) is 9.09. The number of halogens is 1. The number of nitrogen functional groups attached to an aromatic ring is 1. The number of amides is 1. The molecule has 0 heterocycles. The minimum atomic E-state index is -0.423. The molecule has 0 saturated carbocycles. The molecule has 0 aliphatic heterocycles. The first-order valence-electron chi connectivity index (χ1n) is 5.99. The summed E-state index contributed by atoms with van der Waals surface area (Å²) in [7, 11) is 0. The molecule has 0 aliphatic rings. The minimum absolute atomic E-state index is 0.311. The number of hydrogen-bond donors (Lipinski definition) is 2. The molecule has 19 heavy (non-hydrogen) atoms. The van der Waals surface area contributed by atoms with Crippen LogP contribution in [0.3, 0.4) is 0 Å². The molecule has 0 spiro atoms. The number of para-hydroxylation sites is 1. The quantitative estimate of drug-likeness (QED) is 0.832. The van der Waals surface area contributed by atoms with Crippen molar-refractivity contribution in [3.8, 4) is 0 Å². The first-order valence-corrected chi connectivity index (χ1v) is 5.99. The van der Waals surface area contributed by atoms with E-state index in [4.69, 9.17) is 5.73 Å². The van der Waals surface area contributed by atoms with Crippen molar-refractivity contribution in [1.29, 1.82) is 0 Å². The van der Waals surface area contributed by atoms with Crippen LogP contribution in [0.5, 0.6) is 0 Å². The smallest absolute Gasteiger partial charge is 0.253 e. The number of rotatable bonds is 3. The Hall–Kier alpha value is -2.36. The molecular formula is C15H15FN2O. The number of benzene rings is 2. The average Bonchev–Trinajstić information content (AvgIpc) is 2.39. The van der Waals surface area contributed by atoms with E-state index >= 15 is 0 Å². The zero-order chi connectivity index (χ0) is 13.8. The lowest BCUT2D eigenvalue weighted by molar-refractivity contribution is 0.0940. The van der Waals surface area contributed by atoms with Crippen molar-refractivity contribution < 1.29 is 9.18 Å². The average molecular weight is 258 g/mol. The van der Waals surface area contributed by atoms with Crippen LogP contribution in [0.1, 0.15) is 28.9 Å². The predicted molar refractivity (Wildman–Crippen MR) is 73.1 cm³/mol. The van der Waals surface area contributed by atoms with E-state index in [0.717, 1.165) is 0 Å². The molecule has 2 rings (SSSR count). The summed E-state index contributed by atoms with van der Waals surface area (Å²) in [5.41, 5.74) is 6.98. The van der Waals surface area contributed by atoms with Crippen molar-refractivity contribution in [1.82, 2.24) is 5.32 Å². The molecule has 0 bridgehead atoms. The fourth-order valence-corrected chi connectivity index (χ4v) is 1.88. The fraction of sp³-hybridized carbons (Fsp3) is 0.133. The van der Waals surface area contributed by atoms with Crippen molar-refractivity contribution >= 4 is 11.6 Å². The SMILES string of the molecule is C[C@@H](NC(=O)c1ccccc1N)c1ccccc1F. The van der Waals surface area contributed by atoms with Crippen molar-refractivity contribution in [2.24, 2.45) is 0 Å². The van der Waals surface area contributed by atoms with Crippen LogP contribution in [0.25, 0.3) is 0 Å². The van der Waals surface area contributed by atoms with Gasteiger partial charge in [-0.25, -0.2) is 4.39 Å². The van der Waals surface area contributed by atoms with E-state index in [1.807, 2.05) is 0 Å². The third-order valence-electron chi connectivity index (χ3n) is 2.92. The lowest BCUT2D eigenvalue weighted by Gasteiger charge is -2.15. The van der Waals surface area contributed by atoms with E-state index in [0.29, 0.717) is 16.8 Å². The number of carbonyl (C=O) groups is 1. The topological polar surface area (TPSA) is 55.1 Å². The summed E-state index contributed by atoms with van der Waals surface area (Å²) >= 11 is 0. The maximum absolute atomic E-state index is 13.6. The Morgan fingerprint density at radius 2 is 1.79 bits per heavy atom. The van der Waals surface area contributed by atoms with E-state index in [-0.39, 0.29) is 11.7 Å². The summed E-state index contributed by atoms with van der Waals surface area (Å²) in [6.45, 7) is 1.73. The van der Waals surface area contributed by atoms with E-state index in [2.05, 4.69) is 5.32 Å². The van der Waals surface area contributed by atoms with Gasteiger partial charge in [0, 0.05) is 11.3 Å². The van der Waals surface area contributed by atoms with Gasteiger partial charge in [-0.15, -0.1) is 0 Å². The second-order valence-electron chi connectivity index (χ2n) is 4.30. The molecule has 98 valence electrons. The van der Waals surface area contributed by atoms with E-state index in [1.54, 1.807) is 49.4 Å². The molecule has 0 saturated heterocycles. The van der Waals surface area contributed by atoms with Crippen molar-refractivity contribution in [3.05, 3.63) is 65.5 Å². The lowest BCUT2D eigenvalue weighted by Crippen LogP contribution is -2.27. The van der Waals surface area contributed by atoms with Crippen LogP contribution in [0.2, 0.25) is 0 Å². The van der Waals surface area contributed by atoms with Gasteiger partial charge in [0.15, 0.2) is 0 Å². The molecule has 2 aromatic carbocycles. The summed E-state index contributed by atoms with van der Waals surface area (Å²) in [5, 5.41) is 2.74. The molecule has 1 amide bonds. The lowest BCUT2D eigenvalue weighted by atomic mass is 10.1. The summed E-state index contributed by atoms with van der Waals surface area (Å²) in [6, 6.07) is 12.7. The standard InChI is InChI=1S/C15H15FN2O/c1-10(11-6-2-4-8-13(11)16)18-15(19)12-7-3-5-9-14(12)17/h2-10H,17H2,1H3,(H,18,19)/t10-/m1/s1. The number of anilines is 1. The summed E-state index contributed by atoms with van der Waals surface area (Å²) in [6.07, 6.45) is 0. The van der Waals surface area contributed by atoms with Gasteiger partial charge in [0.1, 0.15) is 5.82 Å². The monoisotopic (exact) mass is 258 g/mol. The maximum Gasteiger partial charge on any atom is 0.253 e. The van der Waals surface area contributed by atoms with Gasteiger partial charge in [0.2, 0.25) is 0 Å². The highest BCUT2D eigenvalue weighted by molar-refractivity contribution is 5.99. The van der Waals surface area contributed by atoms with Gasteiger partial charge in [-0.1, -0.05) is 30.3 Å². The maximum atomic E-state index is 13.6. The highest BCUT2D eigenvalue weighted by Crippen LogP contribution is 2.18. The number of carbonyl (C=O) groups excluding carboxylic acids is 1. The molecule has 0 aromatic heterocycles. The Morgan fingerprint density at radius 1 is 1.16 bits per heavy atom. The van der Waals surface area contributed by atoms with Crippen LogP contribution in [0, 0.1) is 5.82 Å². The van der Waals surface area contributed by atoms with E-state index in [1.165, 1.54) is 6.07 Å². The molecule has 1 atom stereocenters. The minimum Gasteiger partial charge on any atom is -0.398 e. The Kier molecular flexibility index (Phi) is 3.80. The van der Waals surface area contributed by atoms with Crippen LogP contribution < -0.4 is 11.1 Å². The van der Waals surface area contributed by atoms with Crippen molar-refractivity contribution in [2.45, 2.75) is 13.0 Å². The van der Waals surface area contributed by atoms with E-state index in [9.17, 15) is 9.18 Å². The Bertz CT molecular complexity index is 598. The van der Waals surface area contributed by atoms with Gasteiger partial charge in [-0.3, -0.25) is 4.79 Å². The second kappa shape index (κ2) is 5.52. The summed E-state index contributed by atoms with van der Waals surface area (Å²) in [4.78, 5) is 12.0. The van der Waals surface area contributed by atoms with Gasteiger partial charge < -0.3 is 11.1 Å². The summed E-state index contributed by atoms with van der Waals surface area (Å²) < 4.78 is 13.6. The van der Waals surface area contributed by atoms with Crippen LogP contribution in [0.4, 0.5) is 10.1 Å². The molecule has 0 fully saturated rings. The Morgan fingerprint density at radius 3 is 2.47 bits per heavy atom. The normalized spacial score (nSPS) is 11.9. The molecule has 0 unspecified atom stereocenters. The third kappa shape index (κ3) is 2.91. The van der Waals surface area contributed by atoms with Crippen LogP contribution in [-0.2, 0) is 0 Å². The number of hydrogen-bond acceptors (Lipinski definition) is 2. The molecule has 0 radical (unpaired) electrons. The van der Waals surface area contributed by atoms with Gasteiger partial charge in [0.25, 0.3) is 5.91 Å². The first kappa shape index (κ1) is 13.1. The van der Waals surface area contributed by atoms with Gasteiger partial charge in [0.05, 0.1) is 11.6 Å². The van der Waals surface area contributed by atoms with Crippen LogP contribution in [0.15, 0.2) is 48.5 Å². The third-order valence-corrected chi connectivity index (χ3v) is 2.92. The van der Waals surface area contributed by atoms with Crippen LogP contribution >= 0.6 is 0 Å². The number of nitrogens with two attached hydrogens (primary N) is 1. The zero-order valence-electron chi connectivity index (χ0n) is 10.6. The zero-order valence-corrected chi connectivity index (χ0v) is 10.6. The molecule has 2 aromatic rings. The number of nitrogens with one attached hydrogen (secondary N) is 1. The molecule has 4 heteroatoms. The van der Waals surface area contributed by atoms with Gasteiger partial charge >= 0.3 is 0 Å². The fourth-order valence-electron chi connectivity index (χ4n) is 1.88. The predicted octanol–water partition coefficient (Wildman–Crippen LogP) is 2.90. The second-order valence-corrected chi connectivity index (χ2v) is 4.30. The Labute approximate surface area is 111 Å². The largest absolute Gasteiger partial charge is 0.398 e. The van der Waals surface area contributed by atoms with Gasteiger partial charge in [-0.2, -0.15) is 0 Å².